The molecule has 8 heteroatoms. The minimum absolute atomic E-state index is 0.157. The number of sulfonamides is 1. The third kappa shape index (κ3) is 3.34. The number of rotatable bonds is 5. The van der Waals surface area contributed by atoms with Crippen molar-refractivity contribution >= 4 is 32.5 Å². The number of carboxylic acids is 1. The molecule has 0 aliphatic rings. The molecule has 20 heavy (non-hydrogen) atoms. The maximum absolute atomic E-state index is 12.2. The molecule has 1 aromatic carbocycles. The van der Waals surface area contributed by atoms with E-state index < -0.39 is 16.0 Å². The molecule has 0 radical (unpaired) electrons. The molecular weight excluding hydrogens is 300 g/mol. The van der Waals surface area contributed by atoms with Crippen molar-refractivity contribution in [2.45, 2.75) is 18.2 Å². The van der Waals surface area contributed by atoms with E-state index in [9.17, 15) is 13.2 Å². The van der Waals surface area contributed by atoms with E-state index in [1.54, 1.807) is 25.1 Å². The van der Waals surface area contributed by atoms with E-state index in [0.29, 0.717) is 11.3 Å². The topological polar surface area (TPSA) is 96.4 Å². The lowest BCUT2D eigenvalue weighted by Gasteiger charge is -2.07. The molecule has 0 spiro atoms. The highest BCUT2D eigenvalue weighted by Gasteiger charge is 2.18. The second-order valence-electron chi connectivity index (χ2n) is 4.09. The van der Waals surface area contributed by atoms with Crippen molar-refractivity contribution in [2.75, 3.05) is 4.72 Å². The van der Waals surface area contributed by atoms with E-state index in [1.165, 1.54) is 11.4 Å². The average Bonchev–Trinajstić information content (AvgIpc) is 2.75. The van der Waals surface area contributed by atoms with Crippen molar-refractivity contribution in [2.24, 2.45) is 0 Å². The number of anilines is 1. The molecule has 2 aromatic rings. The first kappa shape index (κ1) is 14.5. The predicted octanol–water partition coefficient (Wildman–Crippen LogP) is 1.88. The molecule has 2 rings (SSSR count). The highest BCUT2D eigenvalue weighted by molar-refractivity contribution is 7.93. The number of thiazole rings is 1. The van der Waals surface area contributed by atoms with Crippen LogP contribution in [0.15, 0.2) is 34.5 Å². The summed E-state index contributed by atoms with van der Waals surface area (Å²) in [5, 5.41) is 10.3. The summed E-state index contributed by atoms with van der Waals surface area (Å²) in [6.07, 6.45) is -0.234. The van der Waals surface area contributed by atoms with Gasteiger partial charge in [0.05, 0.1) is 17.0 Å². The Morgan fingerprint density at radius 1 is 1.40 bits per heavy atom. The van der Waals surface area contributed by atoms with Gasteiger partial charge in [0.2, 0.25) is 0 Å². The number of aromatic nitrogens is 1. The van der Waals surface area contributed by atoms with Crippen LogP contribution in [0.4, 0.5) is 5.13 Å². The summed E-state index contributed by atoms with van der Waals surface area (Å²) >= 11 is 1.05. The Morgan fingerprint density at radius 3 is 2.75 bits per heavy atom. The van der Waals surface area contributed by atoms with Gasteiger partial charge in [0.1, 0.15) is 0 Å². The molecule has 0 aliphatic carbocycles. The van der Waals surface area contributed by atoms with Gasteiger partial charge < -0.3 is 5.11 Å². The van der Waals surface area contributed by atoms with Crippen molar-refractivity contribution in [3.05, 3.63) is 40.9 Å². The molecule has 0 fully saturated rings. The quantitative estimate of drug-likeness (QED) is 0.878. The minimum atomic E-state index is -3.71. The summed E-state index contributed by atoms with van der Waals surface area (Å²) in [6, 6.07) is 6.59. The first-order chi connectivity index (χ1) is 9.38. The molecule has 106 valence electrons. The molecule has 6 nitrogen and oxygen atoms in total. The maximum Gasteiger partial charge on any atom is 0.309 e. The maximum atomic E-state index is 12.2. The number of carboxylic acid groups (broad SMARTS) is 1. The van der Waals surface area contributed by atoms with Crippen LogP contribution in [-0.2, 0) is 21.2 Å². The zero-order valence-corrected chi connectivity index (χ0v) is 12.2. The fourth-order valence-corrected chi connectivity index (χ4v) is 3.83. The van der Waals surface area contributed by atoms with Crippen LogP contribution in [0.1, 0.15) is 11.3 Å². The number of carbonyl (C=O) groups is 1. The molecule has 1 aromatic heterocycles. The standard InChI is InChI=1S/C12H12N2O4S2/c1-8-4-2-3-5-10(8)20(17,18)14-12-13-9(7-19-12)6-11(15)16/h2-5,7H,6H2,1H3,(H,13,14)(H,15,16). The first-order valence-corrected chi connectivity index (χ1v) is 7.99. The van der Waals surface area contributed by atoms with Crippen molar-refractivity contribution in [3.63, 3.8) is 0 Å². The summed E-state index contributed by atoms with van der Waals surface area (Å²) in [6.45, 7) is 1.70. The number of hydrogen-bond donors (Lipinski definition) is 2. The van der Waals surface area contributed by atoms with Crippen molar-refractivity contribution < 1.29 is 18.3 Å². The molecule has 0 bridgehead atoms. The van der Waals surface area contributed by atoms with Crippen LogP contribution in [0.25, 0.3) is 0 Å². The number of benzene rings is 1. The number of aryl methyl sites for hydroxylation is 1. The van der Waals surface area contributed by atoms with Crippen molar-refractivity contribution in [1.29, 1.82) is 0 Å². The van der Waals surface area contributed by atoms with Gasteiger partial charge in [-0.25, -0.2) is 13.4 Å². The Kier molecular flexibility index (Phi) is 4.05. The van der Waals surface area contributed by atoms with Gasteiger partial charge in [0.15, 0.2) is 5.13 Å². The Labute approximate surface area is 120 Å². The summed E-state index contributed by atoms with van der Waals surface area (Å²) in [4.78, 5) is 14.7. The number of aliphatic carboxylic acids is 1. The fraction of sp³-hybridized carbons (Fsp3) is 0.167. The molecule has 0 atom stereocenters. The lowest BCUT2D eigenvalue weighted by atomic mass is 10.2. The van der Waals surface area contributed by atoms with Gasteiger partial charge in [-0.3, -0.25) is 9.52 Å². The Hall–Kier alpha value is -1.93. The summed E-state index contributed by atoms with van der Waals surface area (Å²) < 4.78 is 26.7. The van der Waals surface area contributed by atoms with E-state index in [0.717, 1.165) is 11.3 Å². The highest BCUT2D eigenvalue weighted by Crippen LogP contribution is 2.22. The van der Waals surface area contributed by atoms with Crippen LogP contribution in [-0.4, -0.2) is 24.5 Å². The van der Waals surface area contributed by atoms with Crippen LogP contribution in [0.3, 0.4) is 0 Å². The molecule has 0 aliphatic heterocycles. The highest BCUT2D eigenvalue weighted by atomic mass is 32.2. The molecule has 0 amide bonds. The second-order valence-corrected chi connectivity index (χ2v) is 6.59. The first-order valence-electron chi connectivity index (χ1n) is 5.63. The Morgan fingerprint density at radius 2 is 2.10 bits per heavy atom. The van der Waals surface area contributed by atoms with Crippen LogP contribution in [0.2, 0.25) is 0 Å². The smallest absolute Gasteiger partial charge is 0.309 e. The van der Waals surface area contributed by atoms with E-state index in [1.807, 2.05) is 0 Å². The summed E-state index contributed by atoms with van der Waals surface area (Å²) in [7, 11) is -3.71. The van der Waals surface area contributed by atoms with Gasteiger partial charge in [-0.2, -0.15) is 0 Å². The average molecular weight is 312 g/mol. The van der Waals surface area contributed by atoms with E-state index in [4.69, 9.17) is 5.11 Å². The summed E-state index contributed by atoms with van der Waals surface area (Å²) in [5.41, 5.74) is 0.951. The molecule has 0 unspecified atom stereocenters. The van der Waals surface area contributed by atoms with Gasteiger partial charge in [-0.05, 0) is 18.6 Å². The third-order valence-electron chi connectivity index (χ3n) is 2.49. The van der Waals surface area contributed by atoms with Gasteiger partial charge in [0, 0.05) is 5.38 Å². The SMILES string of the molecule is Cc1ccccc1S(=O)(=O)Nc1nc(CC(=O)O)cs1. The molecular formula is C12H12N2O4S2. The fourth-order valence-electron chi connectivity index (χ4n) is 1.62. The van der Waals surface area contributed by atoms with E-state index in [2.05, 4.69) is 9.71 Å². The Bertz CT molecular complexity index is 737. The minimum Gasteiger partial charge on any atom is -0.481 e. The molecule has 0 saturated carbocycles. The zero-order chi connectivity index (χ0) is 14.8. The van der Waals surface area contributed by atoms with Crippen LogP contribution in [0, 0.1) is 6.92 Å². The van der Waals surface area contributed by atoms with Crippen molar-refractivity contribution in [1.82, 2.24) is 4.98 Å². The zero-order valence-electron chi connectivity index (χ0n) is 10.5. The van der Waals surface area contributed by atoms with Crippen LogP contribution in [0.5, 0.6) is 0 Å². The van der Waals surface area contributed by atoms with Gasteiger partial charge in [-0.1, -0.05) is 18.2 Å². The molecule has 1 heterocycles. The van der Waals surface area contributed by atoms with Gasteiger partial charge in [0.25, 0.3) is 10.0 Å². The molecule has 0 saturated heterocycles. The monoisotopic (exact) mass is 312 g/mol. The largest absolute Gasteiger partial charge is 0.481 e. The second kappa shape index (κ2) is 5.59. The van der Waals surface area contributed by atoms with E-state index >= 15 is 0 Å². The predicted molar refractivity (Wildman–Crippen MR) is 75.4 cm³/mol. The van der Waals surface area contributed by atoms with Crippen LogP contribution < -0.4 is 4.72 Å². The van der Waals surface area contributed by atoms with E-state index in [-0.39, 0.29) is 16.4 Å². The van der Waals surface area contributed by atoms with Crippen molar-refractivity contribution in [3.8, 4) is 0 Å². The van der Waals surface area contributed by atoms with Gasteiger partial charge >= 0.3 is 5.97 Å². The number of nitrogens with zero attached hydrogens (tertiary/aromatic N) is 1. The lowest BCUT2D eigenvalue weighted by Crippen LogP contribution is -2.14. The Balaban J connectivity index is 2.23. The number of nitrogens with one attached hydrogen (secondary N) is 1. The van der Waals surface area contributed by atoms with Gasteiger partial charge in [-0.15, -0.1) is 11.3 Å². The normalized spacial score (nSPS) is 11.2. The number of hydrogen-bond acceptors (Lipinski definition) is 5. The lowest BCUT2D eigenvalue weighted by molar-refractivity contribution is -0.136. The third-order valence-corrected chi connectivity index (χ3v) is 4.92. The molecule has 2 N–H and O–H groups in total. The van der Waals surface area contributed by atoms with Crippen LogP contribution >= 0.6 is 11.3 Å². The summed E-state index contributed by atoms with van der Waals surface area (Å²) in [5.74, 6) is -1.01.